The number of hydrogen-bond acceptors (Lipinski definition) is 4. The quantitative estimate of drug-likeness (QED) is 0.324. The Morgan fingerprint density at radius 1 is 0.806 bits per heavy atom. The highest BCUT2D eigenvalue weighted by Crippen LogP contribution is 2.25. The zero-order valence-electron chi connectivity index (χ0n) is 19.9. The molecule has 1 fully saturated rings. The molecule has 0 spiro atoms. The summed E-state index contributed by atoms with van der Waals surface area (Å²) in [6.07, 6.45) is 0. The van der Waals surface area contributed by atoms with E-state index in [9.17, 15) is 9.59 Å². The highest BCUT2D eigenvalue weighted by atomic mass is 79.9. The van der Waals surface area contributed by atoms with Gasteiger partial charge < -0.3 is 19.5 Å². The second kappa shape index (κ2) is 10.4. The number of amides is 2. The zero-order valence-corrected chi connectivity index (χ0v) is 21.5. The Morgan fingerprint density at radius 3 is 2.14 bits per heavy atom. The average molecular weight is 544 g/mol. The standard InChI is InChI=1S/C29H26BrN3O3/c1-20-2-4-22(5-3-20)29(35)33-18-16-32(17-19-33)25-12-10-24(11-13-25)31-28(34)27-15-14-26(36-27)21-6-8-23(30)9-7-21/h2-15H,16-19H2,1H3,(H,31,34). The molecule has 7 heteroatoms. The predicted octanol–water partition coefficient (Wildman–Crippen LogP) is 6.23. The van der Waals surface area contributed by atoms with Crippen molar-refractivity contribution in [2.45, 2.75) is 6.92 Å². The van der Waals surface area contributed by atoms with Gasteiger partial charge in [-0.25, -0.2) is 0 Å². The van der Waals surface area contributed by atoms with E-state index < -0.39 is 0 Å². The Morgan fingerprint density at radius 2 is 1.47 bits per heavy atom. The highest BCUT2D eigenvalue weighted by molar-refractivity contribution is 9.10. The number of aryl methyl sites for hydroxylation is 1. The number of furan rings is 1. The minimum atomic E-state index is -0.297. The normalized spacial score (nSPS) is 13.5. The van der Waals surface area contributed by atoms with Crippen molar-refractivity contribution in [3.05, 3.63) is 106 Å². The number of nitrogens with one attached hydrogen (secondary N) is 1. The minimum Gasteiger partial charge on any atom is -0.451 e. The molecule has 0 aliphatic carbocycles. The Balaban J connectivity index is 1.16. The van der Waals surface area contributed by atoms with Gasteiger partial charge in [-0.05, 0) is 67.6 Å². The van der Waals surface area contributed by atoms with Gasteiger partial charge in [0.1, 0.15) is 5.76 Å². The van der Waals surface area contributed by atoms with Crippen molar-refractivity contribution in [2.24, 2.45) is 0 Å². The number of halogens is 1. The molecule has 0 unspecified atom stereocenters. The van der Waals surface area contributed by atoms with Crippen molar-refractivity contribution in [3.8, 4) is 11.3 Å². The SMILES string of the molecule is Cc1ccc(C(=O)N2CCN(c3ccc(NC(=O)c4ccc(-c5ccc(Br)cc5)o4)cc3)CC2)cc1. The summed E-state index contributed by atoms with van der Waals surface area (Å²) in [5.74, 6) is 0.678. The first-order chi connectivity index (χ1) is 17.5. The second-order valence-electron chi connectivity index (χ2n) is 8.82. The lowest BCUT2D eigenvalue weighted by molar-refractivity contribution is 0.0746. The first-order valence-corrected chi connectivity index (χ1v) is 12.6. The molecule has 5 rings (SSSR count). The number of hydrogen-bond donors (Lipinski definition) is 1. The zero-order chi connectivity index (χ0) is 25.1. The number of piperazine rings is 1. The summed E-state index contributed by atoms with van der Waals surface area (Å²) >= 11 is 3.42. The van der Waals surface area contributed by atoms with Gasteiger partial charge in [0.2, 0.25) is 0 Å². The lowest BCUT2D eigenvalue weighted by Crippen LogP contribution is -2.48. The largest absolute Gasteiger partial charge is 0.451 e. The van der Waals surface area contributed by atoms with Crippen LogP contribution in [0.5, 0.6) is 0 Å². The maximum Gasteiger partial charge on any atom is 0.291 e. The van der Waals surface area contributed by atoms with E-state index in [4.69, 9.17) is 4.42 Å². The third kappa shape index (κ3) is 5.36. The maximum absolute atomic E-state index is 12.8. The topological polar surface area (TPSA) is 65.8 Å². The van der Waals surface area contributed by atoms with Gasteiger partial charge >= 0.3 is 0 Å². The third-order valence-corrected chi connectivity index (χ3v) is 6.84. The number of carbonyl (C=O) groups excluding carboxylic acids is 2. The van der Waals surface area contributed by atoms with Gasteiger partial charge in [0.25, 0.3) is 11.8 Å². The molecule has 0 radical (unpaired) electrons. The molecule has 1 aromatic heterocycles. The van der Waals surface area contributed by atoms with Crippen molar-refractivity contribution in [3.63, 3.8) is 0 Å². The van der Waals surface area contributed by atoms with E-state index in [0.717, 1.165) is 39.9 Å². The number of carbonyl (C=O) groups is 2. The van der Waals surface area contributed by atoms with E-state index in [2.05, 4.69) is 26.1 Å². The van der Waals surface area contributed by atoms with Crippen LogP contribution in [0.2, 0.25) is 0 Å². The van der Waals surface area contributed by atoms with Gasteiger partial charge in [-0.3, -0.25) is 9.59 Å². The Labute approximate surface area is 218 Å². The molecule has 1 aliphatic heterocycles. The van der Waals surface area contributed by atoms with Gasteiger partial charge in [-0.1, -0.05) is 45.8 Å². The lowest BCUT2D eigenvalue weighted by Gasteiger charge is -2.36. The van der Waals surface area contributed by atoms with Gasteiger partial charge in [-0.2, -0.15) is 0 Å². The monoisotopic (exact) mass is 543 g/mol. The Bertz CT molecular complexity index is 1350. The molecule has 0 atom stereocenters. The van der Waals surface area contributed by atoms with Gasteiger partial charge in [0.15, 0.2) is 5.76 Å². The fraction of sp³-hybridized carbons (Fsp3) is 0.172. The van der Waals surface area contributed by atoms with Crippen molar-refractivity contribution < 1.29 is 14.0 Å². The van der Waals surface area contributed by atoms with Gasteiger partial charge in [-0.15, -0.1) is 0 Å². The molecule has 1 aliphatic rings. The second-order valence-corrected chi connectivity index (χ2v) is 9.73. The van der Waals surface area contributed by atoms with Crippen LogP contribution >= 0.6 is 15.9 Å². The van der Waals surface area contributed by atoms with E-state index in [0.29, 0.717) is 24.5 Å². The minimum absolute atomic E-state index is 0.0777. The summed E-state index contributed by atoms with van der Waals surface area (Å²) in [4.78, 5) is 29.6. The highest BCUT2D eigenvalue weighted by Gasteiger charge is 2.22. The van der Waals surface area contributed by atoms with E-state index in [1.165, 1.54) is 0 Å². The summed E-state index contributed by atoms with van der Waals surface area (Å²) in [6, 6.07) is 26.7. The lowest BCUT2D eigenvalue weighted by atomic mass is 10.1. The smallest absolute Gasteiger partial charge is 0.291 e. The number of anilines is 2. The van der Waals surface area contributed by atoms with E-state index in [-0.39, 0.29) is 17.6 Å². The molecule has 2 heterocycles. The van der Waals surface area contributed by atoms with Crippen LogP contribution in [0.15, 0.2) is 93.8 Å². The van der Waals surface area contributed by atoms with Gasteiger partial charge in [0.05, 0.1) is 0 Å². The summed E-state index contributed by atoms with van der Waals surface area (Å²) in [6.45, 7) is 4.87. The number of nitrogens with zero attached hydrogens (tertiary/aromatic N) is 2. The third-order valence-electron chi connectivity index (χ3n) is 6.31. The summed E-state index contributed by atoms with van der Waals surface area (Å²) in [5, 5.41) is 2.89. The maximum atomic E-state index is 12.8. The summed E-state index contributed by atoms with van der Waals surface area (Å²) in [7, 11) is 0. The number of benzene rings is 3. The van der Waals surface area contributed by atoms with Crippen molar-refractivity contribution >= 4 is 39.1 Å². The molecule has 0 saturated carbocycles. The molecule has 36 heavy (non-hydrogen) atoms. The van der Waals surface area contributed by atoms with Crippen LogP contribution in [0.3, 0.4) is 0 Å². The van der Waals surface area contributed by atoms with Crippen molar-refractivity contribution in [1.82, 2.24) is 4.90 Å². The molecule has 6 nitrogen and oxygen atoms in total. The Kier molecular flexibility index (Phi) is 6.91. The molecular formula is C29H26BrN3O3. The molecule has 1 N–H and O–H groups in total. The first-order valence-electron chi connectivity index (χ1n) is 11.8. The van der Waals surface area contributed by atoms with Crippen molar-refractivity contribution in [1.29, 1.82) is 0 Å². The van der Waals surface area contributed by atoms with Gasteiger partial charge in [0, 0.05) is 53.2 Å². The molecule has 3 aromatic carbocycles. The molecule has 2 amide bonds. The fourth-order valence-electron chi connectivity index (χ4n) is 4.22. The summed E-state index contributed by atoms with van der Waals surface area (Å²) in [5.41, 5.74) is 4.53. The Hall–Kier alpha value is -3.84. The molecule has 4 aromatic rings. The van der Waals surface area contributed by atoms with Crippen LogP contribution in [-0.2, 0) is 0 Å². The number of rotatable bonds is 5. The first kappa shape index (κ1) is 23.9. The molecule has 182 valence electrons. The van der Waals surface area contributed by atoms with Crippen LogP contribution in [-0.4, -0.2) is 42.9 Å². The van der Waals surface area contributed by atoms with Crippen molar-refractivity contribution in [2.75, 3.05) is 36.4 Å². The van der Waals surface area contributed by atoms with Crippen LogP contribution in [0.1, 0.15) is 26.5 Å². The van der Waals surface area contributed by atoms with E-state index in [1.54, 1.807) is 12.1 Å². The average Bonchev–Trinajstić information content (AvgIpc) is 3.40. The fourth-order valence-corrected chi connectivity index (χ4v) is 4.49. The molecule has 0 bridgehead atoms. The van der Waals surface area contributed by atoms with E-state index in [1.807, 2.05) is 84.6 Å². The molecule has 1 saturated heterocycles. The van der Waals surface area contributed by atoms with Crippen LogP contribution in [0.25, 0.3) is 11.3 Å². The van der Waals surface area contributed by atoms with Crippen LogP contribution in [0.4, 0.5) is 11.4 Å². The summed E-state index contributed by atoms with van der Waals surface area (Å²) < 4.78 is 6.74. The molecular weight excluding hydrogens is 518 g/mol. The van der Waals surface area contributed by atoms with Crippen LogP contribution in [0, 0.1) is 6.92 Å². The predicted molar refractivity (Wildman–Crippen MR) is 146 cm³/mol. The van der Waals surface area contributed by atoms with E-state index >= 15 is 0 Å². The van der Waals surface area contributed by atoms with Crippen LogP contribution < -0.4 is 10.2 Å².